The lowest BCUT2D eigenvalue weighted by molar-refractivity contribution is -0.145. The Balaban J connectivity index is 1.48. The maximum Gasteiger partial charge on any atom is 0.328 e. The Morgan fingerprint density at radius 1 is 1.15 bits per heavy atom. The van der Waals surface area contributed by atoms with E-state index in [1.54, 1.807) is 6.20 Å². The van der Waals surface area contributed by atoms with Crippen LogP contribution in [-0.2, 0) is 31.1 Å². The molecule has 1 fully saturated rings. The second-order valence-corrected chi connectivity index (χ2v) is 8.16. The maximum absolute atomic E-state index is 13.3. The summed E-state index contributed by atoms with van der Waals surface area (Å²) in [4.78, 5) is 54.5. The van der Waals surface area contributed by atoms with Crippen LogP contribution in [0.3, 0.4) is 0 Å². The van der Waals surface area contributed by atoms with Crippen molar-refractivity contribution < 1.29 is 28.3 Å². The number of carbonyl (C=O) groups excluding carboxylic acids is 4. The van der Waals surface area contributed by atoms with Crippen molar-refractivity contribution in [1.82, 2.24) is 20.5 Å². The normalized spacial score (nSPS) is 18.6. The highest BCUT2D eigenvalue weighted by molar-refractivity contribution is 6.09. The standard InChI is InChI=1S/C24H23FN4O5/c1-24(15-7-9-16(25)10-8-15)22(32)29(23(33)28-24)13-20(30)27-19(21(31)34-2)11-14-12-26-18-6-4-3-5-17(14)18/h3-10,12,19,26H,11,13H2,1-2H3,(H,27,30)(H,28,33)/t19-,24?/m1/s1. The fourth-order valence-corrected chi connectivity index (χ4v) is 4.06. The molecule has 2 atom stereocenters. The molecule has 2 aromatic carbocycles. The van der Waals surface area contributed by atoms with E-state index in [9.17, 15) is 23.6 Å². The maximum atomic E-state index is 13.3. The number of imide groups is 1. The van der Waals surface area contributed by atoms with E-state index in [-0.39, 0.29) is 6.42 Å². The number of benzene rings is 2. The summed E-state index contributed by atoms with van der Waals surface area (Å²) in [5, 5.41) is 6.01. The van der Waals surface area contributed by atoms with Crippen LogP contribution in [0.15, 0.2) is 54.7 Å². The molecule has 1 aromatic heterocycles. The van der Waals surface area contributed by atoms with E-state index < -0.39 is 47.8 Å². The average Bonchev–Trinajstić information content (AvgIpc) is 3.32. The SMILES string of the molecule is COC(=O)[C@@H](Cc1c[nH]c2ccccc12)NC(=O)CN1C(=O)NC(C)(c2ccc(F)cc2)C1=O. The zero-order valence-electron chi connectivity index (χ0n) is 18.6. The van der Waals surface area contributed by atoms with E-state index in [0.29, 0.717) is 5.56 Å². The van der Waals surface area contributed by atoms with Crippen LogP contribution >= 0.6 is 0 Å². The van der Waals surface area contributed by atoms with Gasteiger partial charge in [0.2, 0.25) is 5.91 Å². The average molecular weight is 466 g/mol. The van der Waals surface area contributed by atoms with Gasteiger partial charge in [-0.15, -0.1) is 0 Å². The number of halogens is 1. The first-order valence-electron chi connectivity index (χ1n) is 10.6. The van der Waals surface area contributed by atoms with E-state index >= 15 is 0 Å². The van der Waals surface area contributed by atoms with Crippen LogP contribution in [0.25, 0.3) is 10.9 Å². The lowest BCUT2D eigenvalue weighted by Crippen LogP contribution is -2.48. The minimum Gasteiger partial charge on any atom is -0.467 e. The second-order valence-electron chi connectivity index (χ2n) is 8.16. The number of amides is 4. The first kappa shape index (κ1) is 23.0. The van der Waals surface area contributed by atoms with Gasteiger partial charge in [0.15, 0.2) is 0 Å². The molecular weight excluding hydrogens is 443 g/mol. The van der Waals surface area contributed by atoms with Crippen LogP contribution < -0.4 is 10.6 Å². The summed E-state index contributed by atoms with van der Waals surface area (Å²) in [6.45, 7) is 0.884. The largest absolute Gasteiger partial charge is 0.467 e. The molecule has 1 aliphatic heterocycles. The van der Waals surface area contributed by atoms with Crippen molar-refractivity contribution in [3.05, 3.63) is 71.7 Å². The van der Waals surface area contributed by atoms with Gasteiger partial charge in [0.25, 0.3) is 5.91 Å². The summed E-state index contributed by atoms with van der Waals surface area (Å²) in [5.74, 6) is -2.51. The third-order valence-corrected chi connectivity index (χ3v) is 5.92. The highest BCUT2D eigenvalue weighted by atomic mass is 19.1. The molecule has 0 bridgehead atoms. The van der Waals surface area contributed by atoms with Crippen molar-refractivity contribution in [2.24, 2.45) is 0 Å². The Morgan fingerprint density at radius 3 is 2.56 bits per heavy atom. The van der Waals surface area contributed by atoms with Gasteiger partial charge >= 0.3 is 12.0 Å². The molecule has 2 heterocycles. The zero-order chi connectivity index (χ0) is 24.5. The molecule has 10 heteroatoms. The van der Waals surface area contributed by atoms with E-state index in [1.807, 2.05) is 24.3 Å². The van der Waals surface area contributed by atoms with Gasteiger partial charge in [0.1, 0.15) is 23.9 Å². The summed E-state index contributed by atoms with van der Waals surface area (Å²) >= 11 is 0. The molecule has 4 rings (SSSR count). The Bertz CT molecular complexity index is 1270. The van der Waals surface area contributed by atoms with Gasteiger partial charge in [-0.2, -0.15) is 0 Å². The van der Waals surface area contributed by atoms with Crippen LogP contribution in [0.2, 0.25) is 0 Å². The van der Waals surface area contributed by atoms with E-state index in [2.05, 4.69) is 15.6 Å². The molecule has 9 nitrogen and oxygen atoms in total. The number of esters is 1. The lowest BCUT2D eigenvalue weighted by Gasteiger charge is -2.22. The number of rotatable bonds is 7. The Kier molecular flexibility index (Phi) is 6.06. The Hall–Kier alpha value is -4.21. The monoisotopic (exact) mass is 466 g/mol. The molecule has 34 heavy (non-hydrogen) atoms. The number of aromatic nitrogens is 1. The molecule has 0 aliphatic carbocycles. The fraction of sp³-hybridized carbons (Fsp3) is 0.250. The van der Waals surface area contributed by atoms with Gasteiger partial charge in [-0.05, 0) is 36.2 Å². The van der Waals surface area contributed by atoms with E-state index in [1.165, 1.54) is 38.3 Å². The molecule has 3 aromatic rings. The zero-order valence-corrected chi connectivity index (χ0v) is 18.6. The number of carbonyl (C=O) groups is 4. The predicted molar refractivity (Wildman–Crippen MR) is 120 cm³/mol. The first-order valence-corrected chi connectivity index (χ1v) is 10.6. The number of urea groups is 1. The first-order chi connectivity index (χ1) is 16.2. The minimum absolute atomic E-state index is 0.149. The summed E-state index contributed by atoms with van der Waals surface area (Å²) in [5.41, 5.74) is 0.607. The number of fused-ring (bicyclic) bond motifs is 1. The number of H-pyrrole nitrogens is 1. The van der Waals surface area contributed by atoms with Crippen molar-refractivity contribution in [2.45, 2.75) is 24.9 Å². The number of aromatic amines is 1. The van der Waals surface area contributed by atoms with Crippen LogP contribution in [0.1, 0.15) is 18.1 Å². The molecular formula is C24H23FN4O5. The lowest BCUT2D eigenvalue weighted by atomic mass is 9.92. The fourth-order valence-electron chi connectivity index (χ4n) is 4.06. The molecule has 0 saturated carbocycles. The molecule has 0 spiro atoms. The second kappa shape index (κ2) is 8.97. The van der Waals surface area contributed by atoms with Gasteiger partial charge in [-0.1, -0.05) is 30.3 Å². The molecule has 1 unspecified atom stereocenters. The Morgan fingerprint density at radius 2 is 1.85 bits per heavy atom. The number of nitrogens with zero attached hydrogens (tertiary/aromatic N) is 1. The van der Waals surface area contributed by atoms with E-state index in [4.69, 9.17) is 4.74 Å². The van der Waals surface area contributed by atoms with Crippen molar-refractivity contribution in [3.63, 3.8) is 0 Å². The van der Waals surface area contributed by atoms with Gasteiger partial charge in [0.05, 0.1) is 7.11 Å². The van der Waals surface area contributed by atoms with Crippen molar-refractivity contribution in [1.29, 1.82) is 0 Å². The number of ether oxygens (including phenoxy) is 1. The van der Waals surface area contributed by atoms with E-state index in [0.717, 1.165) is 21.4 Å². The molecule has 176 valence electrons. The van der Waals surface area contributed by atoms with Gasteiger partial charge in [-0.25, -0.2) is 14.0 Å². The number of hydrogen-bond donors (Lipinski definition) is 3. The third kappa shape index (κ3) is 4.21. The summed E-state index contributed by atoms with van der Waals surface area (Å²) in [6.07, 6.45) is 1.90. The number of hydrogen-bond acceptors (Lipinski definition) is 5. The van der Waals surface area contributed by atoms with Gasteiger partial charge in [-0.3, -0.25) is 14.5 Å². The summed E-state index contributed by atoms with van der Waals surface area (Å²) < 4.78 is 18.1. The summed E-state index contributed by atoms with van der Waals surface area (Å²) in [6, 6.07) is 10.9. The summed E-state index contributed by atoms with van der Waals surface area (Å²) in [7, 11) is 1.21. The molecule has 4 amide bonds. The predicted octanol–water partition coefficient (Wildman–Crippen LogP) is 1.97. The number of methoxy groups -OCH3 is 1. The van der Waals surface area contributed by atoms with Gasteiger partial charge < -0.3 is 20.4 Å². The van der Waals surface area contributed by atoms with Crippen LogP contribution in [0.5, 0.6) is 0 Å². The molecule has 3 N–H and O–H groups in total. The third-order valence-electron chi connectivity index (χ3n) is 5.92. The number of nitrogens with one attached hydrogen (secondary N) is 3. The number of para-hydroxylation sites is 1. The van der Waals surface area contributed by atoms with Crippen molar-refractivity contribution in [3.8, 4) is 0 Å². The van der Waals surface area contributed by atoms with Crippen LogP contribution in [-0.4, -0.2) is 53.4 Å². The smallest absolute Gasteiger partial charge is 0.328 e. The van der Waals surface area contributed by atoms with Gasteiger partial charge in [0, 0.05) is 23.5 Å². The Labute approximate surface area is 194 Å². The van der Waals surface area contributed by atoms with Crippen molar-refractivity contribution in [2.75, 3.05) is 13.7 Å². The van der Waals surface area contributed by atoms with Crippen LogP contribution in [0.4, 0.5) is 9.18 Å². The highest BCUT2D eigenvalue weighted by Gasteiger charge is 2.49. The minimum atomic E-state index is -1.45. The quantitative estimate of drug-likeness (QED) is 0.363. The highest BCUT2D eigenvalue weighted by Crippen LogP contribution is 2.29. The molecule has 1 aliphatic rings. The molecule has 0 radical (unpaired) electrons. The van der Waals surface area contributed by atoms with Crippen LogP contribution in [0, 0.1) is 5.82 Å². The van der Waals surface area contributed by atoms with Crippen molar-refractivity contribution >= 4 is 34.7 Å². The molecule has 1 saturated heterocycles. The topological polar surface area (TPSA) is 121 Å².